The number of nitrogens with zero attached hydrogens (tertiary/aromatic N) is 5. The van der Waals surface area contributed by atoms with Gasteiger partial charge in [0.2, 0.25) is 5.91 Å². The lowest BCUT2D eigenvalue weighted by molar-refractivity contribution is -0.124. The van der Waals surface area contributed by atoms with Crippen molar-refractivity contribution in [3.05, 3.63) is 83.8 Å². The third-order valence-electron chi connectivity index (χ3n) is 7.04. The third-order valence-corrected chi connectivity index (χ3v) is 7.76. The Bertz CT molecular complexity index is 1350. The van der Waals surface area contributed by atoms with Crippen LogP contribution in [0.5, 0.6) is 5.75 Å². The zero-order valence-electron chi connectivity index (χ0n) is 22.2. The smallest absolute Gasteiger partial charge is 0.231 e. The van der Waals surface area contributed by atoms with Gasteiger partial charge < -0.3 is 14.7 Å². The summed E-state index contributed by atoms with van der Waals surface area (Å²) in [5.74, 6) is 0.999. The van der Waals surface area contributed by atoms with E-state index in [2.05, 4.69) is 38.5 Å². The quantitative estimate of drug-likeness (QED) is 0.305. The van der Waals surface area contributed by atoms with Gasteiger partial charge in [0, 0.05) is 55.9 Å². The Balaban J connectivity index is 1.36. The number of aromatic nitrogens is 3. The molecule has 0 radical (unpaired) electrons. The summed E-state index contributed by atoms with van der Waals surface area (Å²) in [6.07, 6.45) is 7.52. The molecule has 0 unspecified atom stereocenters. The first-order valence-corrected chi connectivity index (χ1v) is 13.9. The molecule has 4 aromatic rings. The number of carbonyl (C=O) groups excluding carboxylic acids is 1. The van der Waals surface area contributed by atoms with Crippen molar-refractivity contribution in [2.24, 2.45) is 5.92 Å². The number of ether oxygens (including phenoxy) is 1. The summed E-state index contributed by atoms with van der Waals surface area (Å²) in [7, 11) is 4.04. The van der Waals surface area contributed by atoms with Crippen molar-refractivity contribution < 1.29 is 14.6 Å². The maximum atomic E-state index is 13.8. The number of benzene rings is 1. The summed E-state index contributed by atoms with van der Waals surface area (Å²) < 4.78 is 10.1. The van der Waals surface area contributed by atoms with Gasteiger partial charge in [0.25, 0.3) is 0 Å². The number of amides is 1. The maximum absolute atomic E-state index is 13.8. The zero-order chi connectivity index (χ0) is 27.2. The molecule has 5 rings (SSSR count). The van der Waals surface area contributed by atoms with Gasteiger partial charge in [-0.25, -0.2) is 9.36 Å². The SMILES string of the molecule is CN(C)c1ccc(-c2ccc(CN(C(=O)C3CCC(O)CC3)c3cc(OCc4ccns4)ccn3)nc2)cc1. The van der Waals surface area contributed by atoms with E-state index in [0.29, 0.717) is 50.4 Å². The first kappa shape index (κ1) is 26.8. The fraction of sp³-hybridized carbons (Fsp3) is 0.333. The number of rotatable bonds is 9. The number of aliphatic hydroxyl groups is 1. The Labute approximate surface area is 233 Å². The van der Waals surface area contributed by atoms with E-state index in [1.54, 1.807) is 29.4 Å². The van der Waals surface area contributed by atoms with Crippen LogP contribution in [0.2, 0.25) is 0 Å². The van der Waals surface area contributed by atoms with Crippen LogP contribution in [0.1, 0.15) is 36.3 Å². The van der Waals surface area contributed by atoms with Gasteiger partial charge in [0.15, 0.2) is 0 Å². The summed E-state index contributed by atoms with van der Waals surface area (Å²) in [5.41, 5.74) is 4.00. The molecule has 1 N–H and O–H groups in total. The lowest BCUT2D eigenvalue weighted by Crippen LogP contribution is -2.38. The van der Waals surface area contributed by atoms with E-state index in [9.17, 15) is 9.90 Å². The van der Waals surface area contributed by atoms with E-state index >= 15 is 0 Å². The molecule has 8 nitrogen and oxygen atoms in total. The highest BCUT2D eigenvalue weighted by atomic mass is 32.1. The zero-order valence-corrected chi connectivity index (χ0v) is 23.1. The van der Waals surface area contributed by atoms with E-state index < -0.39 is 0 Å². The van der Waals surface area contributed by atoms with Crippen LogP contribution < -0.4 is 14.5 Å². The van der Waals surface area contributed by atoms with Gasteiger partial charge in [0.05, 0.1) is 23.2 Å². The maximum Gasteiger partial charge on any atom is 0.231 e. The summed E-state index contributed by atoms with van der Waals surface area (Å²) in [6.45, 7) is 0.699. The summed E-state index contributed by atoms with van der Waals surface area (Å²) >= 11 is 1.39. The molecule has 1 aliphatic carbocycles. The molecule has 0 atom stereocenters. The third kappa shape index (κ3) is 6.79. The van der Waals surface area contributed by atoms with Gasteiger partial charge in [-0.1, -0.05) is 18.2 Å². The van der Waals surface area contributed by atoms with E-state index in [-0.39, 0.29) is 17.9 Å². The highest BCUT2D eigenvalue weighted by molar-refractivity contribution is 7.05. The van der Waals surface area contributed by atoms with Gasteiger partial charge in [-0.3, -0.25) is 14.7 Å². The van der Waals surface area contributed by atoms with Gasteiger partial charge in [0.1, 0.15) is 18.2 Å². The summed E-state index contributed by atoms with van der Waals surface area (Å²) in [6, 6.07) is 17.9. The van der Waals surface area contributed by atoms with Gasteiger partial charge in [-0.15, -0.1) is 0 Å². The molecule has 3 aromatic heterocycles. The van der Waals surface area contributed by atoms with Crippen molar-refractivity contribution in [2.75, 3.05) is 23.9 Å². The van der Waals surface area contributed by atoms with Crippen LogP contribution in [-0.2, 0) is 17.9 Å². The minimum atomic E-state index is -0.329. The predicted molar refractivity (Wildman–Crippen MR) is 154 cm³/mol. The first-order valence-electron chi connectivity index (χ1n) is 13.2. The Morgan fingerprint density at radius 2 is 1.74 bits per heavy atom. The number of hydrogen-bond donors (Lipinski definition) is 1. The van der Waals surface area contributed by atoms with Crippen LogP contribution in [0, 0.1) is 5.92 Å². The molecular formula is C30H33N5O3S. The topological polar surface area (TPSA) is 91.7 Å². The lowest BCUT2D eigenvalue weighted by Gasteiger charge is -2.30. The monoisotopic (exact) mass is 543 g/mol. The van der Waals surface area contributed by atoms with Gasteiger partial charge in [-0.2, -0.15) is 0 Å². The van der Waals surface area contributed by atoms with Crippen LogP contribution in [0.3, 0.4) is 0 Å². The molecule has 39 heavy (non-hydrogen) atoms. The normalized spacial score (nSPS) is 17.0. The molecule has 9 heteroatoms. The van der Waals surface area contributed by atoms with E-state index in [1.807, 2.05) is 38.5 Å². The van der Waals surface area contributed by atoms with Crippen molar-refractivity contribution in [3.63, 3.8) is 0 Å². The molecule has 0 aliphatic heterocycles. The Hall–Kier alpha value is -3.82. The molecule has 0 saturated heterocycles. The van der Waals surface area contributed by atoms with Crippen molar-refractivity contribution >= 4 is 28.9 Å². The Morgan fingerprint density at radius 1 is 0.974 bits per heavy atom. The van der Waals surface area contributed by atoms with Crippen molar-refractivity contribution in [1.82, 2.24) is 14.3 Å². The Morgan fingerprint density at radius 3 is 2.41 bits per heavy atom. The molecule has 1 fully saturated rings. The minimum Gasteiger partial charge on any atom is -0.488 e. The minimum absolute atomic E-state index is 0.000780. The first-order chi connectivity index (χ1) is 19.0. The predicted octanol–water partition coefficient (Wildman–Crippen LogP) is 5.33. The number of anilines is 2. The molecule has 0 spiro atoms. The average Bonchev–Trinajstić information content (AvgIpc) is 3.49. The lowest BCUT2D eigenvalue weighted by atomic mass is 9.86. The van der Waals surface area contributed by atoms with Crippen LogP contribution in [0.25, 0.3) is 11.1 Å². The van der Waals surface area contributed by atoms with Crippen molar-refractivity contribution in [1.29, 1.82) is 0 Å². The van der Waals surface area contributed by atoms with Gasteiger partial charge in [-0.05, 0) is 73.1 Å². The van der Waals surface area contributed by atoms with E-state index in [0.717, 1.165) is 27.4 Å². The average molecular weight is 544 g/mol. The summed E-state index contributed by atoms with van der Waals surface area (Å²) in [5, 5.41) is 9.97. The standard InChI is InChI=1S/C30H33N5O3S/c1-34(2)25-9-4-21(5-10-25)23-3-8-24(32-18-23)19-35(30(37)22-6-11-26(36)12-7-22)29-17-27(13-15-31-29)38-20-28-14-16-33-39-28/h3-5,8-10,13-18,22,26,36H,6-7,11-12,19-20H2,1-2H3. The largest absolute Gasteiger partial charge is 0.488 e. The summed E-state index contributed by atoms with van der Waals surface area (Å²) in [4.78, 5) is 27.8. The fourth-order valence-corrected chi connectivity index (χ4v) is 5.22. The second-order valence-electron chi connectivity index (χ2n) is 10.0. The second-order valence-corrected chi connectivity index (χ2v) is 10.9. The van der Waals surface area contributed by atoms with Crippen LogP contribution in [0.15, 0.2) is 73.2 Å². The second kappa shape index (κ2) is 12.4. The highest BCUT2D eigenvalue weighted by Crippen LogP contribution is 2.30. The number of aliphatic hydroxyl groups excluding tert-OH is 1. The fourth-order valence-electron chi connectivity index (χ4n) is 4.73. The van der Waals surface area contributed by atoms with Crippen molar-refractivity contribution in [2.45, 2.75) is 44.9 Å². The molecule has 0 bridgehead atoms. The van der Waals surface area contributed by atoms with E-state index in [4.69, 9.17) is 9.72 Å². The van der Waals surface area contributed by atoms with Gasteiger partial charge >= 0.3 is 0 Å². The molecule has 1 saturated carbocycles. The number of hydrogen-bond acceptors (Lipinski definition) is 8. The molecule has 3 heterocycles. The molecular weight excluding hydrogens is 510 g/mol. The molecule has 1 aromatic carbocycles. The van der Waals surface area contributed by atoms with Crippen LogP contribution in [-0.4, -0.2) is 45.6 Å². The van der Waals surface area contributed by atoms with Crippen LogP contribution in [0.4, 0.5) is 11.5 Å². The molecule has 1 amide bonds. The van der Waals surface area contributed by atoms with Crippen molar-refractivity contribution in [3.8, 4) is 16.9 Å². The van der Waals surface area contributed by atoms with Crippen LogP contribution >= 0.6 is 11.5 Å². The number of carbonyl (C=O) groups is 1. The highest BCUT2D eigenvalue weighted by Gasteiger charge is 2.30. The Kier molecular flexibility index (Phi) is 8.48. The number of pyridine rings is 2. The van der Waals surface area contributed by atoms with E-state index in [1.165, 1.54) is 11.5 Å². The molecule has 202 valence electrons. The molecule has 1 aliphatic rings.